The van der Waals surface area contributed by atoms with Crippen molar-refractivity contribution in [1.82, 2.24) is 5.32 Å². The minimum absolute atomic E-state index is 0.487. The summed E-state index contributed by atoms with van der Waals surface area (Å²) < 4.78 is 25.2. The van der Waals surface area contributed by atoms with Crippen LogP contribution in [-0.2, 0) is 0 Å². The normalized spacial score (nSPS) is 12.5. The number of halogens is 2. The second-order valence-corrected chi connectivity index (χ2v) is 3.09. The van der Waals surface area contributed by atoms with Gasteiger partial charge in [-0.15, -0.1) is 0 Å². The van der Waals surface area contributed by atoms with Gasteiger partial charge in [0.15, 0.2) is 0 Å². The molecule has 0 aliphatic carbocycles. The van der Waals surface area contributed by atoms with Crippen LogP contribution in [0.4, 0.5) is 8.78 Å². The fraction of sp³-hybridized carbons (Fsp3) is 1.00. The van der Waals surface area contributed by atoms with E-state index in [1.54, 1.807) is 13.8 Å². The zero-order chi connectivity index (χ0) is 9.61. The van der Waals surface area contributed by atoms with E-state index in [1.165, 1.54) is 0 Å². The maximum absolute atomic E-state index is 12.6. The lowest BCUT2D eigenvalue weighted by molar-refractivity contribution is 0.0245. The van der Waals surface area contributed by atoms with Gasteiger partial charge in [0.1, 0.15) is 0 Å². The third-order valence-electron chi connectivity index (χ3n) is 2.41. The van der Waals surface area contributed by atoms with Gasteiger partial charge in [-0.25, -0.2) is 8.78 Å². The first kappa shape index (κ1) is 11.8. The van der Waals surface area contributed by atoms with Gasteiger partial charge in [-0.3, -0.25) is 0 Å². The smallest absolute Gasteiger partial charge is 0.256 e. The first-order chi connectivity index (χ1) is 5.63. The average molecular weight is 179 g/mol. The van der Waals surface area contributed by atoms with Gasteiger partial charge in [0.25, 0.3) is 6.43 Å². The molecule has 0 bridgehead atoms. The van der Waals surface area contributed by atoms with Gasteiger partial charge >= 0.3 is 0 Å². The Bertz CT molecular complexity index is 111. The highest BCUT2D eigenvalue weighted by atomic mass is 19.3. The second-order valence-electron chi connectivity index (χ2n) is 3.09. The summed E-state index contributed by atoms with van der Waals surface area (Å²) in [6, 6.07) is 0. The molecule has 0 fully saturated rings. The van der Waals surface area contributed by atoms with E-state index in [4.69, 9.17) is 0 Å². The van der Waals surface area contributed by atoms with Crippen molar-refractivity contribution in [3.05, 3.63) is 0 Å². The van der Waals surface area contributed by atoms with Gasteiger partial charge in [0, 0.05) is 0 Å². The van der Waals surface area contributed by atoms with Gasteiger partial charge in [0.2, 0.25) is 0 Å². The third kappa shape index (κ3) is 2.70. The first-order valence-electron chi connectivity index (χ1n) is 4.66. The standard InChI is InChI=1S/C9H19F2N/c1-4-7-12-9(5-2,6-3)8(10)11/h8,12H,4-7H2,1-3H3. The molecule has 0 heterocycles. The largest absolute Gasteiger partial charge is 0.306 e. The van der Waals surface area contributed by atoms with E-state index in [9.17, 15) is 8.78 Å². The fourth-order valence-corrected chi connectivity index (χ4v) is 1.26. The van der Waals surface area contributed by atoms with E-state index in [2.05, 4.69) is 5.32 Å². The molecule has 0 saturated carbocycles. The van der Waals surface area contributed by atoms with Crippen LogP contribution in [0.25, 0.3) is 0 Å². The molecule has 74 valence electrons. The predicted molar refractivity (Wildman–Crippen MR) is 47.6 cm³/mol. The summed E-state index contributed by atoms with van der Waals surface area (Å²) in [6.45, 7) is 6.26. The molecule has 12 heavy (non-hydrogen) atoms. The van der Waals surface area contributed by atoms with Crippen LogP contribution in [0.15, 0.2) is 0 Å². The molecule has 0 aromatic carbocycles. The van der Waals surface area contributed by atoms with Crippen molar-refractivity contribution < 1.29 is 8.78 Å². The Kier molecular flexibility index (Phi) is 5.38. The molecular weight excluding hydrogens is 160 g/mol. The van der Waals surface area contributed by atoms with Crippen LogP contribution in [0, 0.1) is 0 Å². The van der Waals surface area contributed by atoms with Crippen LogP contribution in [-0.4, -0.2) is 18.5 Å². The van der Waals surface area contributed by atoms with Gasteiger partial charge < -0.3 is 5.32 Å². The van der Waals surface area contributed by atoms with E-state index < -0.39 is 12.0 Å². The molecular formula is C9H19F2N. The molecule has 0 rings (SSSR count). The van der Waals surface area contributed by atoms with Crippen molar-refractivity contribution >= 4 is 0 Å². The van der Waals surface area contributed by atoms with Gasteiger partial charge in [-0.2, -0.15) is 0 Å². The van der Waals surface area contributed by atoms with Crippen LogP contribution in [0.1, 0.15) is 40.0 Å². The Balaban J connectivity index is 4.15. The zero-order valence-corrected chi connectivity index (χ0v) is 8.16. The second kappa shape index (κ2) is 5.46. The van der Waals surface area contributed by atoms with Crippen LogP contribution in [0.2, 0.25) is 0 Å². The molecule has 0 saturated heterocycles. The maximum Gasteiger partial charge on any atom is 0.256 e. The molecule has 1 nitrogen and oxygen atoms in total. The summed E-state index contributed by atoms with van der Waals surface area (Å²) in [5.74, 6) is 0. The number of alkyl halides is 2. The van der Waals surface area contributed by atoms with Crippen molar-refractivity contribution in [1.29, 1.82) is 0 Å². The zero-order valence-electron chi connectivity index (χ0n) is 8.16. The van der Waals surface area contributed by atoms with E-state index in [0.717, 1.165) is 6.42 Å². The molecule has 0 radical (unpaired) electrons. The monoisotopic (exact) mass is 179 g/mol. The maximum atomic E-state index is 12.6. The van der Waals surface area contributed by atoms with Crippen molar-refractivity contribution in [3.8, 4) is 0 Å². The fourth-order valence-electron chi connectivity index (χ4n) is 1.26. The highest BCUT2D eigenvalue weighted by Crippen LogP contribution is 2.23. The summed E-state index contributed by atoms with van der Waals surface area (Å²) in [5, 5.41) is 2.93. The molecule has 0 aliphatic rings. The molecule has 0 unspecified atom stereocenters. The Hall–Kier alpha value is -0.180. The van der Waals surface area contributed by atoms with Crippen molar-refractivity contribution in [2.75, 3.05) is 6.54 Å². The van der Waals surface area contributed by atoms with Crippen molar-refractivity contribution in [2.24, 2.45) is 0 Å². The van der Waals surface area contributed by atoms with Crippen LogP contribution < -0.4 is 5.32 Å². The summed E-state index contributed by atoms with van der Waals surface area (Å²) in [5.41, 5.74) is -0.948. The number of nitrogens with one attached hydrogen (secondary N) is 1. The van der Waals surface area contributed by atoms with Crippen molar-refractivity contribution in [2.45, 2.75) is 52.0 Å². The Morgan fingerprint density at radius 1 is 1.17 bits per heavy atom. The third-order valence-corrected chi connectivity index (χ3v) is 2.41. The van der Waals surface area contributed by atoms with E-state index in [1.807, 2.05) is 6.92 Å². The van der Waals surface area contributed by atoms with Gasteiger partial charge in [-0.05, 0) is 25.8 Å². The highest BCUT2D eigenvalue weighted by molar-refractivity contribution is 4.87. The number of rotatable bonds is 6. The molecule has 0 aliphatic heterocycles. The minimum atomic E-state index is -2.26. The Morgan fingerprint density at radius 2 is 1.67 bits per heavy atom. The van der Waals surface area contributed by atoms with E-state index in [-0.39, 0.29) is 0 Å². The van der Waals surface area contributed by atoms with Gasteiger partial charge in [-0.1, -0.05) is 20.8 Å². The first-order valence-corrected chi connectivity index (χ1v) is 4.66. The lowest BCUT2D eigenvalue weighted by Crippen LogP contribution is -2.50. The molecule has 0 spiro atoms. The number of hydrogen-bond acceptors (Lipinski definition) is 1. The van der Waals surface area contributed by atoms with Crippen LogP contribution in [0.3, 0.4) is 0 Å². The number of hydrogen-bond donors (Lipinski definition) is 1. The van der Waals surface area contributed by atoms with Crippen LogP contribution in [0.5, 0.6) is 0 Å². The molecule has 0 atom stereocenters. The van der Waals surface area contributed by atoms with E-state index >= 15 is 0 Å². The van der Waals surface area contributed by atoms with Crippen LogP contribution >= 0.6 is 0 Å². The highest BCUT2D eigenvalue weighted by Gasteiger charge is 2.35. The van der Waals surface area contributed by atoms with Gasteiger partial charge in [0.05, 0.1) is 5.54 Å². The van der Waals surface area contributed by atoms with E-state index in [0.29, 0.717) is 19.4 Å². The molecule has 0 aromatic rings. The molecule has 3 heteroatoms. The SMILES string of the molecule is CCCNC(CC)(CC)C(F)F. The summed E-state index contributed by atoms with van der Waals surface area (Å²) in [6.07, 6.45) is -0.393. The lowest BCUT2D eigenvalue weighted by atomic mass is 9.93. The minimum Gasteiger partial charge on any atom is -0.306 e. The predicted octanol–water partition coefficient (Wildman–Crippen LogP) is 2.81. The average Bonchev–Trinajstić information content (AvgIpc) is 2.07. The summed E-state index contributed by atoms with van der Waals surface area (Å²) >= 11 is 0. The molecule has 1 N–H and O–H groups in total. The Labute approximate surface area is 73.5 Å². The topological polar surface area (TPSA) is 12.0 Å². The lowest BCUT2D eigenvalue weighted by Gasteiger charge is -2.32. The molecule has 0 amide bonds. The quantitative estimate of drug-likeness (QED) is 0.661. The van der Waals surface area contributed by atoms with Crippen molar-refractivity contribution in [3.63, 3.8) is 0 Å². The summed E-state index contributed by atoms with van der Waals surface area (Å²) in [7, 11) is 0. The molecule has 0 aromatic heterocycles. The Morgan fingerprint density at radius 3 is 1.92 bits per heavy atom. The summed E-state index contributed by atoms with van der Waals surface area (Å²) in [4.78, 5) is 0.